The van der Waals surface area contributed by atoms with Gasteiger partial charge in [-0.3, -0.25) is 0 Å². The van der Waals surface area contributed by atoms with Crippen molar-refractivity contribution in [3.05, 3.63) is 94.5 Å². The number of hydrogen-bond donors (Lipinski definition) is 1. The minimum Gasteiger partial charge on any atom is -0.457 e. The molecule has 5 heteroatoms. The second kappa shape index (κ2) is 8.88. The van der Waals surface area contributed by atoms with Gasteiger partial charge in [-0.05, 0) is 35.2 Å². The third-order valence-corrected chi connectivity index (χ3v) is 5.85. The van der Waals surface area contributed by atoms with Crippen molar-refractivity contribution in [2.24, 2.45) is 0 Å². The van der Waals surface area contributed by atoms with Crippen LogP contribution in [0, 0.1) is 6.92 Å². The Balaban J connectivity index is 1.37. The molecule has 0 aliphatic heterocycles. The third-order valence-electron chi connectivity index (χ3n) is 4.75. The number of aromatic nitrogens is 1. The number of aryl methyl sites for hydroxylation is 1. The summed E-state index contributed by atoms with van der Waals surface area (Å²) in [5.41, 5.74) is 2.96. The first-order valence-corrected chi connectivity index (χ1v) is 10.4. The van der Waals surface area contributed by atoms with Gasteiger partial charge in [0.2, 0.25) is 0 Å². The van der Waals surface area contributed by atoms with E-state index in [1.165, 1.54) is 16.9 Å². The quantitative estimate of drug-likeness (QED) is 0.408. The molecule has 0 saturated heterocycles. The van der Waals surface area contributed by atoms with Crippen molar-refractivity contribution in [1.82, 2.24) is 4.98 Å². The average Bonchev–Trinajstić information content (AvgIpc) is 3.13. The minimum absolute atomic E-state index is 0.244. The van der Waals surface area contributed by atoms with E-state index in [9.17, 15) is 4.79 Å². The predicted molar refractivity (Wildman–Crippen MR) is 119 cm³/mol. The number of benzene rings is 3. The number of nitrogens with one attached hydrogen (secondary N) is 1. The van der Waals surface area contributed by atoms with Gasteiger partial charge in [-0.25, -0.2) is 9.78 Å². The first kappa shape index (κ1) is 19.2. The molecule has 1 N–H and O–H groups in total. The van der Waals surface area contributed by atoms with Gasteiger partial charge in [-0.1, -0.05) is 84.1 Å². The molecule has 1 aromatic heterocycles. The smallest absolute Gasteiger partial charge is 0.350 e. The summed E-state index contributed by atoms with van der Waals surface area (Å²) in [4.78, 5) is 17.6. The number of fused-ring (bicyclic) bond motifs is 1. The van der Waals surface area contributed by atoms with Gasteiger partial charge in [-0.2, -0.15) is 0 Å². The first-order valence-electron chi connectivity index (χ1n) is 9.60. The number of carbonyl (C=O) groups is 1. The van der Waals surface area contributed by atoms with Gasteiger partial charge in [0.1, 0.15) is 11.5 Å². The summed E-state index contributed by atoms with van der Waals surface area (Å²) in [5, 5.41) is 6.30. The van der Waals surface area contributed by atoms with Crippen LogP contribution >= 0.6 is 11.3 Å². The van der Waals surface area contributed by atoms with Crippen molar-refractivity contribution in [1.29, 1.82) is 0 Å². The molecule has 0 radical (unpaired) electrons. The molecule has 4 nitrogen and oxygen atoms in total. The summed E-state index contributed by atoms with van der Waals surface area (Å²) in [5.74, 6) is -0.330. The molecule has 29 heavy (non-hydrogen) atoms. The molecule has 0 fully saturated rings. The monoisotopic (exact) mass is 402 g/mol. The zero-order valence-electron chi connectivity index (χ0n) is 16.2. The summed E-state index contributed by atoms with van der Waals surface area (Å²) < 4.78 is 5.59. The molecular weight excluding hydrogens is 380 g/mol. The van der Waals surface area contributed by atoms with Crippen molar-refractivity contribution in [2.45, 2.75) is 20.0 Å². The molecule has 3 aromatic carbocycles. The van der Waals surface area contributed by atoms with Crippen LogP contribution < -0.4 is 5.32 Å². The fourth-order valence-corrected chi connectivity index (χ4v) is 4.13. The van der Waals surface area contributed by atoms with E-state index in [1.54, 1.807) is 0 Å². The lowest BCUT2D eigenvalue weighted by Crippen LogP contribution is -2.05. The van der Waals surface area contributed by atoms with Gasteiger partial charge in [0.15, 0.2) is 5.13 Å². The van der Waals surface area contributed by atoms with Crippen LogP contribution in [0.3, 0.4) is 0 Å². The van der Waals surface area contributed by atoms with E-state index in [2.05, 4.69) is 34.6 Å². The van der Waals surface area contributed by atoms with E-state index < -0.39 is 0 Å². The maximum Gasteiger partial charge on any atom is 0.350 e. The molecule has 146 valence electrons. The Bertz CT molecular complexity index is 1120. The number of esters is 1. The molecule has 0 atom stereocenters. The second-order valence-electron chi connectivity index (χ2n) is 6.81. The lowest BCUT2D eigenvalue weighted by Gasteiger charge is -2.07. The highest BCUT2D eigenvalue weighted by Gasteiger charge is 2.17. The number of rotatable bonds is 7. The largest absolute Gasteiger partial charge is 0.457 e. The standard InChI is InChI=1S/C24H22N2O2S/c1-17-22(29-24(26-17)25-15-14-18-8-3-2-4-9-18)23(27)28-16-20-12-7-11-19-10-5-6-13-21(19)20/h2-13H,14-16H2,1H3,(H,25,26). The molecule has 0 amide bonds. The number of hydrogen-bond acceptors (Lipinski definition) is 5. The molecule has 0 unspecified atom stereocenters. The molecule has 0 aliphatic carbocycles. The zero-order chi connectivity index (χ0) is 20.1. The predicted octanol–water partition coefficient (Wildman–Crippen LogP) is 5.62. The first-order chi connectivity index (χ1) is 14.2. The summed E-state index contributed by atoms with van der Waals surface area (Å²) in [6, 6.07) is 24.4. The van der Waals surface area contributed by atoms with Gasteiger partial charge in [0.25, 0.3) is 0 Å². The van der Waals surface area contributed by atoms with E-state index >= 15 is 0 Å². The highest BCUT2D eigenvalue weighted by Crippen LogP contribution is 2.25. The maximum absolute atomic E-state index is 12.6. The Morgan fingerprint density at radius 2 is 1.76 bits per heavy atom. The Morgan fingerprint density at radius 3 is 2.62 bits per heavy atom. The van der Waals surface area contributed by atoms with E-state index in [-0.39, 0.29) is 12.6 Å². The number of ether oxygens (including phenoxy) is 1. The summed E-state index contributed by atoms with van der Waals surface area (Å²) in [7, 11) is 0. The fourth-order valence-electron chi connectivity index (χ4n) is 3.25. The number of thiazole rings is 1. The highest BCUT2D eigenvalue weighted by atomic mass is 32.1. The lowest BCUT2D eigenvalue weighted by molar-refractivity contribution is 0.0479. The molecule has 4 rings (SSSR count). The Labute approximate surface area is 174 Å². The van der Waals surface area contributed by atoms with Crippen LogP contribution in [0.2, 0.25) is 0 Å². The molecule has 0 aliphatic rings. The van der Waals surface area contributed by atoms with E-state index in [0.717, 1.165) is 34.4 Å². The van der Waals surface area contributed by atoms with E-state index in [4.69, 9.17) is 4.74 Å². The minimum atomic E-state index is -0.330. The Kier molecular flexibility index (Phi) is 5.86. The van der Waals surface area contributed by atoms with Crippen LogP contribution in [0.5, 0.6) is 0 Å². The number of anilines is 1. The van der Waals surface area contributed by atoms with Gasteiger partial charge in [0, 0.05) is 6.54 Å². The van der Waals surface area contributed by atoms with Crippen molar-refractivity contribution in [3.63, 3.8) is 0 Å². The van der Waals surface area contributed by atoms with Gasteiger partial charge < -0.3 is 10.1 Å². The second-order valence-corrected chi connectivity index (χ2v) is 7.81. The van der Waals surface area contributed by atoms with E-state index in [0.29, 0.717) is 10.6 Å². The molecule has 0 saturated carbocycles. The SMILES string of the molecule is Cc1nc(NCCc2ccccc2)sc1C(=O)OCc1cccc2ccccc12. The summed E-state index contributed by atoms with van der Waals surface area (Å²) in [6.45, 7) is 2.85. The maximum atomic E-state index is 12.6. The van der Waals surface area contributed by atoms with E-state index in [1.807, 2.05) is 55.5 Å². The Hall–Kier alpha value is -3.18. The summed E-state index contributed by atoms with van der Waals surface area (Å²) in [6.07, 6.45) is 0.903. The molecule has 1 heterocycles. The molecule has 0 bridgehead atoms. The van der Waals surface area contributed by atoms with Crippen LogP contribution in [0.1, 0.15) is 26.5 Å². The van der Waals surface area contributed by atoms with Crippen molar-refractivity contribution >= 4 is 33.2 Å². The molecule has 0 spiro atoms. The normalized spacial score (nSPS) is 10.8. The van der Waals surface area contributed by atoms with Crippen molar-refractivity contribution in [3.8, 4) is 0 Å². The molecule has 4 aromatic rings. The van der Waals surface area contributed by atoms with Crippen molar-refractivity contribution in [2.75, 3.05) is 11.9 Å². The average molecular weight is 403 g/mol. The lowest BCUT2D eigenvalue weighted by atomic mass is 10.1. The van der Waals surface area contributed by atoms with Crippen LogP contribution in [0.4, 0.5) is 5.13 Å². The van der Waals surface area contributed by atoms with Crippen LogP contribution in [0.25, 0.3) is 10.8 Å². The van der Waals surface area contributed by atoms with Gasteiger partial charge >= 0.3 is 5.97 Å². The fraction of sp³-hybridized carbons (Fsp3) is 0.167. The van der Waals surface area contributed by atoms with Crippen molar-refractivity contribution < 1.29 is 9.53 Å². The molecular formula is C24H22N2O2S. The Morgan fingerprint density at radius 1 is 1.00 bits per heavy atom. The number of nitrogens with zero attached hydrogens (tertiary/aromatic N) is 1. The highest BCUT2D eigenvalue weighted by molar-refractivity contribution is 7.17. The van der Waals surface area contributed by atoms with Crippen LogP contribution in [-0.4, -0.2) is 17.5 Å². The number of carbonyl (C=O) groups excluding carboxylic acids is 1. The van der Waals surface area contributed by atoms with Gasteiger partial charge in [0.05, 0.1) is 5.69 Å². The van der Waals surface area contributed by atoms with Crippen LogP contribution in [0.15, 0.2) is 72.8 Å². The third kappa shape index (κ3) is 4.63. The van der Waals surface area contributed by atoms with Crippen LogP contribution in [-0.2, 0) is 17.8 Å². The summed E-state index contributed by atoms with van der Waals surface area (Å²) >= 11 is 1.34. The zero-order valence-corrected chi connectivity index (χ0v) is 17.0. The topological polar surface area (TPSA) is 51.2 Å². The van der Waals surface area contributed by atoms with Gasteiger partial charge in [-0.15, -0.1) is 0 Å².